The molecule has 0 radical (unpaired) electrons. The number of benzene rings is 1. The van der Waals surface area contributed by atoms with Crippen LogP contribution in [0.5, 0.6) is 0 Å². The van der Waals surface area contributed by atoms with Crippen molar-refractivity contribution in [3.05, 3.63) is 41.5 Å². The van der Waals surface area contributed by atoms with Crippen LogP contribution in [-0.4, -0.2) is 17.3 Å². The van der Waals surface area contributed by atoms with E-state index in [1.165, 1.54) is 0 Å². The summed E-state index contributed by atoms with van der Waals surface area (Å²) >= 11 is 0. The molecule has 5 heteroatoms. The molecule has 0 fully saturated rings. The molecular formula is C14H19N3O2. The summed E-state index contributed by atoms with van der Waals surface area (Å²) in [6, 6.07) is 7.65. The number of nitrogens with zero attached hydrogens (tertiary/aromatic N) is 2. The van der Waals surface area contributed by atoms with Crippen molar-refractivity contribution in [2.45, 2.75) is 32.3 Å². The van der Waals surface area contributed by atoms with Gasteiger partial charge in [0.25, 0.3) is 0 Å². The molecule has 1 atom stereocenters. The van der Waals surface area contributed by atoms with E-state index in [0.717, 1.165) is 17.7 Å². The maximum absolute atomic E-state index is 5.90. The predicted octanol–water partition coefficient (Wildman–Crippen LogP) is 2.51. The highest BCUT2D eigenvalue weighted by Crippen LogP contribution is 2.26. The molecule has 0 aliphatic carbocycles. The number of nitrogen functional groups attached to an aromatic ring is 1. The summed E-state index contributed by atoms with van der Waals surface area (Å²) in [7, 11) is 1.65. The third-order valence-electron chi connectivity index (χ3n) is 3.46. The third-order valence-corrected chi connectivity index (χ3v) is 3.46. The largest absolute Gasteiger partial charge is 0.398 e. The lowest BCUT2D eigenvalue weighted by Crippen LogP contribution is -2.24. The molecule has 1 unspecified atom stereocenters. The molecule has 2 rings (SSSR count). The molecule has 0 bridgehead atoms. The van der Waals surface area contributed by atoms with Crippen LogP contribution in [0.15, 0.2) is 28.8 Å². The minimum absolute atomic E-state index is 0.510. The molecule has 1 aromatic carbocycles. The number of ether oxygens (including phenoxy) is 1. The first-order valence-electron chi connectivity index (χ1n) is 6.30. The average molecular weight is 261 g/mol. The Morgan fingerprint density at radius 1 is 1.37 bits per heavy atom. The van der Waals surface area contributed by atoms with Gasteiger partial charge in [0.2, 0.25) is 11.7 Å². The Labute approximate surface area is 112 Å². The Hall–Kier alpha value is -1.88. The maximum Gasteiger partial charge on any atom is 0.231 e. The van der Waals surface area contributed by atoms with E-state index < -0.39 is 5.60 Å². The van der Waals surface area contributed by atoms with E-state index in [9.17, 15) is 0 Å². The van der Waals surface area contributed by atoms with Crippen LogP contribution in [0.4, 0.5) is 5.69 Å². The molecule has 102 valence electrons. The number of aromatic nitrogens is 2. The van der Waals surface area contributed by atoms with Gasteiger partial charge in [0.05, 0.1) is 6.42 Å². The number of anilines is 1. The number of hydrogen-bond donors (Lipinski definition) is 1. The zero-order valence-corrected chi connectivity index (χ0v) is 11.5. The average Bonchev–Trinajstić information content (AvgIpc) is 2.90. The standard InChI is InChI=1S/C14H19N3O2/c1-4-14(2,18-3)13-16-12(19-17-13)9-10-7-5-6-8-11(10)15/h5-8H,4,9,15H2,1-3H3. The van der Waals surface area contributed by atoms with Crippen molar-refractivity contribution in [3.8, 4) is 0 Å². The molecule has 19 heavy (non-hydrogen) atoms. The van der Waals surface area contributed by atoms with E-state index in [4.69, 9.17) is 15.0 Å². The molecule has 1 aromatic heterocycles. The molecule has 0 spiro atoms. The number of nitrogens with two attached hydrogens (primary N) is 1. The van der Waals surface area contributed by atoms with Gasteiger partial charge in [-0.2, -0.15) is 4.98 Å². The van der Waals surface area contributed by atoms with E-state index >= 15 is 0 Å². The molecule has 2 N–H and O–H groups in total. The van der Waals surface area contributed by atoms with Gasteiger partial charge in [-0.05, 0) is 25.0 Å². The van der Waals surface area contributed by atoms with Gasteiger partial charge in [0.1, 0.15) is 5.60 Å². The van der Waals surface area contributed by atoms with Crippen molar-refractivity contribution in [2.75, 3.05) is 12.8 Å². The van der Waals surface area contributed by atoms with Crippen LogP contribution in [0.1, 0.15) is 37.5 Å². The van der Waals surface area contributed by atoms with E-state index in [-0.39, 0.29) is 0 Å². The van der Waals surface area contributed by atoms with Crippen LogP contribution in [0, 0.1) is 0 Å². The fourth-order valence-electron chi connectivity index (χ4n) is 1.79. The second kappa shape index (κ2) is 5.40. The van der Waals surface area contributed by atoms with Crippen molar-refractivity contribution < 1.29 is 9.26 Å². The van der Waals surface area contributed by atoms with Crippen molar-refractivity contribution >= 4 is 5.69 Å². The molecular weight excluding hydrogens is 242 g/mol. The quantitative estimate of drug-likeness (QED) is 0.837. The van der Waals surface area contributed by atoms with Crippen LogP contribution in [-0.2, 0) is 16.8 Å². The van der Waals surface area contributed by atoms with Gasteiger partial charge in [-0.25, -0.2) is 0 Å². The minimum atomic E-state index is -0.510. The second-order valence-corrected chi connectivity index (χ2v) is 4.68. The lowest BCUT2D eigenvalue weighted by molar-refractivity contribution is -0.0106. The van der Waals surface area contributed by atoms with Crippen LogP contribution < -0.4 is 5.73 Å². The van der Waals surface area contributed by atoms with Crippen molar-refractivity contribution in [1.29, 1.82) is 0 Å². The summed E-state index contributed by atoms with van der Waals surface area (Å²) in [6.07, 6.45) is 1.30. The van der Waals surface area contributed by atoms with Crippen LogP contribution in [0.2, 0.25) is 0 Å². The Bertz CT molecular complexity index is 547. The monoisotopic (exact) mass is 261 g/mol. The fraction of sp³-hybridized carbons (Fsp3) is 0.429. The summed E-state index contributed by atoms with van der Waals surface area (Å²) in [5.41, 5.74) is 7.10. The smallest absolute Gasteiger partial charge is 0.231 e. The highest BCUT2D eigenvalue weighted by Gasteiger charge is 2.29. The zero-order chi connectivity index (χ0) is 13.9. The van der Waals surface area contributed by atoms with Gasteiger partial charge in [-0.1, -0.05) is 30.3 Å². The lowest BCUT2D eigenvalue weighted by Gasteiger charge is -2.21. The summed E-state index contributed by atoms with van der Waals surface area (Å²) in [5.74, 6) is 1.12. The van der Waals surface area contributed by atoms with Gasteiger partial charge >= 0.3 is 0 Å². The van der Waals surface area contributed by atoms with E-state index in [1.807, 2.05) is 38.1 Å². The molecule has 0 aliphatic rings. The van der Waals surface area contributed by atoms with Gasteiger partial charge < -0.3 is 15.0 Å². The first-order chi connectivity index (χ1) is 9.09. The summed E-state index contributed by atoms with van der Waals surface area (Å²) in [6.45, 7) is 3.97. The zero-order valence-electron chi connectivity index (χ0n) is 11.5. The lowest BCUT2D eigenvalue weighted by atomic mass is 10.0. The summed E-state index contributed by atoms with van der Waals surface area (Å²) in [4.78, 5) is 4.40. The topological polar surface area (TPSA) is 74.2 Å². The van der Waals surface area contributed by atoms with Gasteiger partial charge in [0, 0.05) is 12.8 Å². The normalized spacial score (nSPS) is 14.3. The molecule has 0 saturated heterocycles. The highest BCUT2D eigenvalue weighted by molar-refractivity contribution is 5.47. The first kappa shape index (κ1) is 13.5. The Balaban J connectivity index is 2.21. The van der Waals surface area contributed by atoms with Gasteiger partial charge in [-0.15, -0.1) is 0 Å². The van der Waals surface area contributed by atoms with E-state index in [1.54, 1.807) is 7.11 Å². The van der Waals surface area contributed by atoms with Crippen LogP contribution in [0.25, 0.3) is 0 Å². The Morgan fingerprint density at radius 2 is 2.11 bits per heavy atom. The first-order valence-corrected chi connectivity index (χ1v) is 6.30. The summed E-state index contributed by atoms with van der Waals surface area (Å²) in [5, 5.41) is 4.00. The van der Waals surface area contributed by atoms with Crippen molar-refractivity contribution in [2.24, 2.45) is 0 Å². The van der Waals surface area contributed by atoms with E-state index in [0.29, 0.717) is 18.1 Å². The SMILES string of the molecule is CCC(C)(OC)c1noc(Cc2ccccc2N)n1. The molecule has 5 nitrogen and oxygen atoms in total. The molecule has 0 saturated carbocycles. The van der Waals surface area contributed by atoms with Crippen molar-refractivity contribution in [1.82, 2.24) is 10.1 Å². The number of para-hydroxylation sites is 1. The number of methoxy groups -OCH3 is 1. The molecule has 0 amide bonds. The molecule has 0 aliphatic heterocycles. The number of hydrogen-bond acceptors (Lipinski definition) is 5. The maximum atomic E-state index is 5.90. The fourth-order valence-corrected chi connectivity index (χ4v) is 1.79. The van der Waals surface area contributed by atoms with Crippen molar-refractivity contribution in [3.63, 3.8) is 0 Å². The molecule has 1 heterocycles. The van der Waals surface area contributed by atoms with Gasteiger partial charge in [-0.3, -0.25) is 0 Å². The number of rotatable bonds is 5. The van der Waals surface area contributed by atoms with Crippen LogP contribution >= 0.6 is 0 Å². The second-order valence-electron chi connectivity index (χ2n) is 4.68. The van der Waals surface area contributed by atoms with Crippen LogP contribution in [0.3, 0.4) is 0 Å². The Morgan fingerprint density at radius 3 is 2.74 bits per heavy atom. The van der Waals surface area contributed by atoms with Gasteiger partial charge in [0.15, 0.2) is 0 Å². The highest BCUT2D eigenvalue weighted by atomic mass is 16.5. The third kappa shape index (κ3) is 2.76. The Kier molecular flexibility index (Phi) is 3.85. The predicted molar refractivity (Wildman–Crippen MR) is 72.6 cm³/mol. The molecule has 2 aromatic rings. The minimum Gasteiger partial charge on any atom is -0.398 e. The summed E-state index contributed by atoms with van der Waals surface area (Å²) < 4.78 is 10.7. The van der Waals surface area contributed by atoms with E-state index in [2.05, 4.69) is 10.1 Å².